The normalized spacial score (nSPS) is 10.8. The lowest BCUT2D eigenvalue weighted by molar-refractivity contribution is 0.0992. The highest BCUT2D eigenvalue weighted by molar-refractivity contribution is 6.07. The van der Waals surface area contributed by atoms with Crippen molar-refractivity contribution in [2.45, 2.75) is 6.92 Å². The van der Waals surface area contributed by atoms with Crippen LogP contribution in [0.5, 0.6) is 0 Å². The molecule has 0 saturated heterocycles. The van der Waals surface area contributed by atoms with Crippen molar-refractivity contribution in [1.82, 2.24) is 9.55 Å². The predicted molar refractivity (Wildman–Crippen MR) is 85.7 cm³/mol. The fourth-order valence-corrected chi connectivity index (χ4v) is 2.66. The summed E-state index contributed by atoms with van der Waals surface area (Å²) in [7, 11) is 1.55. The molecule has 3 aromatic rings. The van der Waals surface area contributed by atoms with Crippen molar-refractivity contribution in [3.8, 4) is 11.1 Å². The van der Waals surface area contributed by atoms with Gasteiger partial charge in [-0.25, -0.2) is 0 Å². The number of amides is 1. The van der Waals surface area contributed by atoms with E-state index in [9.17, 15) is 9.59 Å². The summed E-state index contributed by atoms with van der Waals surface area (Å²) in [5.41, 5.74) is 8.05. The SMILES string of the molecule is Cc1ccc(-c2c(C(N)=O)n(C)c(=O)c3cnccc23)cc1. The van der Waals surface area contributed by atoms with Crippen molar-refractivity contribution < 1.29 is 4.79 Å². The molecule has 0 aliphatic rings. The van der Waals surface area contributed by atoms with Gasteiger partial charge in [0, 0.05) is 30.4 Å². The molecule has 0 fully saturated rings. The number of carbonyl (C=O) groups is 1. The fourth-order valence-electron chi connectivity index (χ4n) is 2.66. The average Bonchev–Trinajstić information content (AvgIpc) is 2.51. The summed E-state index contributed by atoms with van der Waals surface area (Å²) < 4.78 is 1.29. The minimum Gasteiger partial charge on any atom is -0.364 e. The van der Waals surface area contributed by atoms with Gasteiger partial charge in [0.1, 0.15) is 5.69 Å². The highest BCUT2D eigenvalue weighted by atomic mass is 16.2. The van der Waals surface area contributed by atoms with Gasteiger partial charge in [-0.15, -0.1) is 0 Å². The second-order valence-electron chi connectivity index (χ2n) is 5.24. The van der Waals surface area contributed by atoms with E-state index in [4.69, 9.17) is 5.73 Å². The number of rotatable bonds is 2. The Morgan fingerprint density at radius 3 is 2.45 bits per heavy atom. The molecular formula is C17H15N3O2. The first kappa shape index (κ1) is 14.0. The van der Waals surface area contributed by atoms with Gasteiger partial charge in [-0.3, -0.25) is 14.6 Å². The Kier molecular flexibility index (Phi) is 3.25. The fraction of sp³-hybridized carbons (Fsp3) is 0.118. The Labute approximate surface area is 127 Å². The van der Waals surface area contributed by atoms with Crippen molar-refractivity contribution in [2.24, 2.45) is 12.8 Å². The Balaban J connectivity index is 2.53. The van der Waals surface area contributed by atoms with Crippen LogP contribution in [0.25, 0.3) is 21.9 Å². The van der Waals surface area contributed by atoms with Crippen LogP contribution in [0.15, 0.2) is 47.5 Å². The van der Waals surface area contributed by atoms with Crippen LogP contribution < -0.4 is 11.3 Å². The van der Waals surface area contributed by atoms with Crippen LogP contribution in [0.3, 0.4) is 0 Å². The average molecular weight is 293 g/mol. The number of hydrogen-bond donors (Lipinski definition) is 1. The van der Waals surface area contributed by atoms with Crippen LogP contribution in [0.4, 0.5) is 0 Å². The maximum absolute atomic E-state index is 12.4. The van der Waals surface area contributed by atoms with E-state index in [1.54, 1.807) is 19.3 Å². The number of aromatic nitrogens is 2. The van der Waals surface area contributed by atoms with E-state index in [1.807, 2.05) is 31.2 Å². The molecule has 110 valence electrons. The van der Waals surface area contributed by atoms with E-state index < -0.39 is 5.91 Å². The van der Waals surface area contributed by atoms with Gasteiger partial charge < -0.3 is 10.3 Å². The largest absolute Gasteiger partial charge is 0.364 e. The molecule has 2 heterocycles. The molecule has 0 spiro atoms. The number of carbonyl (C=O) groups excluding carboxylic acids is 1. The first-order valence-electron chi connectivity index (χ1n) is 6.84. The third kappa shape index (κ3) is 2.07. The Bertz CT molecular complexity index is 941. The molecule has 0 radical (unpaired) electrons. The maximum Gasteiger partial charge on any atom is 0.266 e. The van der Waals surface area contributed by atoms with Crippen LogP contribution in [0, 0.1) is 6.92 Å². The van der Waals surface area contributed by atoms with Crippen LogP contribution in [-0.2, 0) is 7.05 Å². The molecule has 22 heavy (non-hydrogen) atoms. The molecule has 1 amide bonds. The number of nitrogens with zero attached hydrogens (tertiary/aromatic N) is 2. The molecule has 0 aliphatic carbocycles. The van der Waals surface area contributed by atoms with E-state index in [0.29, 0.717) is 16.3 Å². The number of benzene rings is 1. The van der Waals surface area contributed by atoms with Crippen molar-refractivity contribution in [3.05, 3.63) is 64.3 Å². The smallest absolute Gasteiger partial charge is 0.266 e. The lowest BCUT2D eigenvalue weighted by Crippen LogP contribution is -2.28. The monoisotopic (exact) mass is 293 g/mol. The standard InChI is InChI=1S/C17H15N3O2/c1-10-3-5-11(6-4-10)14-12-7-8-19-9-13(12)17(22)20(2)15(14)16(18)21/h3-9H,1-2H3,(H2,18,21). The zero-order chi connectivity index (χ0) is 15.9. The van der Waals surface area contributed by atoms with Gasteiger partial charge in [-0.2, -0.15) is 0 Å². The van der Waals surface area contributed by atoms with Crippen LogP contribution >= 0.6 is 0 Å². The molecule has 3 rings (SSSR count). The minimum atomic E-state index is -0.631. The van der Waals surface area contributed by atoms with Gasteiger partial charge in [0.2, 0.25) is 0 Å². The third-order valence-corrected chi connectivity index (χ3v) is 3.77. The van der Waals surface area contributed by atoms with Crippen LogP contribution in [-0.4, -0.2) is 15.5 Å². The first-order chi connectivity index (χ1) is 10.5. The molecule has 5 nitrogen and oxygen atoms in total. The third-order valence-electron chi connectivity index (χ3n) is 3.77. The summed E-state index contributed by atoms with van der Waals surface area (Å²) >= 11 is 0. The summed E-state index contributed by atoms with van der Waals surface area (Å²) in [5, 5.41) is 1.14. The number of nitrogens with two attached hydrogens (primary N) is 1. The van der Waals surface area contributed by atoms with Crippen LogP contribution in [0.1, 0.15) is 16.1 Å². The zero-order valence-electron chi connectivity index (χ0n) is 12.3. The molecule has 0 unspecified atom stereocenters. The molecule has 2 N–H and O–H groups in total. The minimum absolute atomic E-state index is 0.201. The zero-order valence-corrected chi connectivity index (χ0v) is 12.3. The highest BCUT2D eigenvalue weighted by Crippen LogP contribution is 2.30. The van der Waals surface area contributed by atoms with Crippen molar-refractivity contribution >= 4 is 16.7 Å². The molecule has 1 aromatic carbocycles. The van der Waals surface area contributed by atoms with Crippen molar-refractivity contribution in [3.63, 3.8) is 0 Å². The molecule has 0 atom stereocenters. The Morgan fingerprint density at radius 2 is 1.82 bits per heavy atom. The topological polar surface area (TPSA) is 78.0 Å². The maximum atomic E-state index is 12.4. The number of pyridine rings is 2. The van der Waals surface area contributed by atoms with Gasteiger partial charge in [-0.05, 0) is 18.6 Å². The lowest BCUT2D eigenvalue weighted by Gasteiger charge is -2.15. The summed E-state index contributed by atoms with van der Waals surface area (Å²) in [6, 6.07) is 9.48. The number of primary amides is 1. The Hall–Kier alpha value is -2.95. The van der Waals surface area contributed by atoms with Gasteiger partial charge in [0.05, 0.1) is 5.39 Å². The second-order valence-corrected chi connectivity index (χ2v) is 5.24. The summed E-state index contributed by atoms with van der Waals surface area (Å²) in [6.45, 7) is 1.99. The number of fused-ring (bicyclic) bond motifs is 1. The molecule has 0 bridgehead atoms. The predicted octanol–water partition coefficient (Wildman–Crippen LogP) is 2.01. The summed E-state index contributed by atoms with van der Waals surface area (Å²) in [4.78, 5) is 28.3. The molecule has 5 heteroatoms. The number of aryl methyl sites for hydroxylation is 1. The van der Waals surface area contributed by atoms with Gasteiger partial charge >= 0.3 is 0 Å². The van der Waals surface area contributed by atoms with Gasteiger partial charge in [0.15, 0.2) is 0 Å². The van der Waals surface area contributed by atoms with E-state index in [0.717, 1.165) is 11.1 Å². The number of hydrogen-bond acceptors (Lipinski definition) is 3. The van der Waals surface area contributed by atoms with Gasteiger partial charge in [0.25, 0.3) is 11.5 Å². The van der Waals surface area contributed by atoms with Crippen molar-refractivity contribution in [1.29, 1.82) is 0 Å². The van der Waals surface area contributed by atoms with Gasteiger partial charge in [-0.1, -0.05) is 29.8 Å². The van der Waals surface area contributed by atoms with Crippen LogP contribution in [0.2, 0.25) is 0 Å². The lowest BCUT2D eigenvalue weighted by atomic mass is 9.97. The highest BCUT2D eigenvalue weighted by Gasteiger charge is 2.19. The molecule has 0 saturated carbocycles. The quantitative estimate of drug-likeness (QED) is 0.785. The molecule has 0 aliphatic heterocycles. The van der Waals surface area contributed by atoms with E-state index in [1.165, 1.54) is 10.8 Å². The van der Waals surface area contributed by atoms with Crippen molar-refractivity contribution in [2.75, 3.05) is 0 Å². The Morgan fingerprint density at radius 1 is 1.14 bits per heavy atom. The van der Waals surface area contributed by atoms with E-state index >= 15 is 0 Å². The van der Waals surface area contributed by atoms with E-state index in [2.05, 4.69) is 4.98 Å². The molecular weight excluding hydrogens is 278 g/mol. The van der Waals surface area contributed by atoms with E-state index in [-0.39, 0.29) is 11.3 Å². The second kappa shape index (κ2) is 5.11. The molecule has 2 aromatic heterocycles. The summed E-state index contributed by atoms with van der Waals surface area (Å²) in [5.74, 6) is -0.631. The summed E-state index contributed by atoms with van der Waals surface area (Å²) in [6.07, 6.45) is 3.12. The first-order valence-corrected chi connectivity index (χ1v) is 6.84.